The van der Waals surface area contributed by atoms with Crippen LogP contribution in [0.3, 0.4) is 0 Å². The Hall–Kier alpha value is -0.630. The minimum atomic E-state index is 1.08. The van der Waals surface area contributed by atoms with Crippen molar-refractivity contribution >= 4 is 17.4 Å². The third-order valence-electron chi connectivity index (χ3n) is 1.99. The van der Waals surface area contributed by atoms with Gasteiger partial charge >= 0.3 is 0 Å². The molecule has 0 saturated heterocycles. The van der Waals surface area contributed by atoms with Crippen molar-refractivity contribution in [2.45, 2.75) is 13.3 Å². The molecule has 0 amide bonds. The number of nitrogens with one attached hydrogen (secondary N) is 1. The molecule has 2 heteroatoms. The smallest absolute Gasteiger partial charge is 0.0369 e. The number of rotatable bonds is 5. The summed E-state index contributed by atoms with van der Waals surface area (Å²) in [5, 5.41) is 3.43. The molecule has 0 aliphatic heterocycles. The molecule has 0 fully saturated rings. The molecule has 0 atom stereocenters. The Morgan fingerprint density at radius 2 is 2.08 bits per heavy atom. The number of hydrogen-bond acceptors (Lipinski definition) is 2. The fraction of sp³-hybridized carbons (Fsp3) is 0.455. The van der Waals surface area contributed by atoms with E-state index in [1.165, 1.54) is 23.4 Å². The third-order valence-corrected chi connectivity index (χ3v) is 2.68. The zero-order valence-corrected chi connectivity index (χ0v) is 9.16. The molecule has 0 aliphatic rings. The summed E-state index contributed by atoms with van der Waals surface area (Å²) in [6, 6.07) is 8.41. The second-order valence-corrected chi connectivity index (χ2v) is 4.07. The van der Waals surface area contributed by atoms with E-state index >= 15 is 0 Å². The van der Waals surface area contributed by atoms with Crippen molar-refractivity contribution in [3.63, 3.8) is 0 Å². The topological polar surface area (TPSA) is 12.0 Å². The van der Waals surface area contributed by atoms with Crippen molar-refractivity contribution in [2.24, 2.45) is 0 Å². The molecule has 0 aliphatic carbocycles. The first-order valence-electron chi connectivity index (χ1n) is 4.63. The minimum absolute atomic E-state index is 1.08. The molecule has 13 heavy (non-hydrogen) atoms. The third kappa shape index (κ3) is 3.73. The minimum Gasteiger partial charge on any atom is -0.385 e. The van der Waals surface area contributed by atoms with Crippen LogP contribution in [0.25, 0.3) is 0 Å². The predicted octanol–water partition coefficient (Wildman–Crippen LogP) is 3.16. The van der Waals surface area contributed by atoms with E-state index in [-0.39, 0.29) is 0 Å². The Morgan fingerprint density at radius 3 is 2.77 bits per heavy atom. The predicted molar refractivity (Wildman–Crippen MR) is 62.7 cm³/mol. The van der Waals surface area contributed by atoms with E-state index in [0.717, 1.165) is 6.54 Å². The molecule has 1 rings (SSSR count). The van der Waals surface area contributed by atoms with Crippen molar-refractivity contribution in [3.05, 3.63) is 29.8 Å². The maximum Gasteiger partial charge on any atom is 0.0369 e. The lowest BCUT2D eigenvalue weighted by molar-refractivity contribution is 0.991. The van der Waals surface area contributed by atoms with Crippen LogP contribution in [-0.2, 0) is 0 Å². The van der Waals surface area contributed by atoms with Crippen LogP contribution in [0.2, 0.25) is 0 Å². The van der Waals surface area contributed by atoms with Gasteiger partial charge in [-0.3, -0.25) is 0 Å². The largest absolute Gasteiger partial charge is 0.385 e. The first-order valence-corrected chi connectivity index (χ1v) is 6.02. The molecular weight excluding hydrogens is 178 g/mol. The fourth-order valence-electron chi connectivity index (χ4n) is 1.21. The summed E-state index contributed by atoms with van der Waals surface area (Å²) < 4.78 is 0. The lowest BCUT2D eigenvalue weighted by Gasteiger charge is -2.08. The summed E-state index contributed by atoms with van der Waals surface area (Å²) in [7, 11) is 0. The van der Waals surface area contributed by atoms with Gasteiger partial charge in [-0.25, -0.2) is 0 Å². The highest BCUT2D eigenvalue weighted by molar-refractivity contribution is 7.98. The molecule has 1 aromatic carbocycles. The first kappa shape index (κ1) is 10.5. The van der Waals surface area contributed by atoms with Gasteiger partial charge in [-0.15, -0.1) is 0 Å². The van der Waals surface area contributed by atoms with E-state index in [1.54, 1.807) is 0 Å². The Morgan fingerprint density at radius 1 is 1.31 bits per heavy atom. The molecule has 0 unspecified atom stereocenters. The van der Waals surface area contributed by atoms with Crippen molar-refractivity contribution in [1.82, 2.24) is 0 Å². The quantitative estimate of drug-likeness (QED) is 0.724. The Labute approximate surface area is 84.9 Å². The summed E-state index contributed by atoms with van der Waals surface area (Å²) in [5.74, 6) is 1.24. The Kier molecular flexibility index (Phi) is 4.76. The second-order valence-electron chi connectivity index (χ2n) is 3.09. The first-order chi connectivity index (χ1) is 6.34. The molecular formula is C11H17NS. The Balaban J connectivity index is 2.32. The molecule has 1 N–H and O–H groups in total. The number of aryl methyl sites for hydroxylation is 1. The standard InChI is InChI=1S/C11H17NS/c1-10-6-3-4-7-11(10)12-8-5-9-13-2/h3-4,6-7,12H,5,8-9H2,1-2H3. The maximum absolute atomic E-state index is 3.43. The van der Waals surface area contributed by atoms with Crippen LogP contribution in [0.4, 0.5) is 5.69 Å². The summed E-state index contributed by atoms with van der Waals surface area (Å²) in [5.41, 5.74) is 2.59. The molecule has 72 valence electrons. The van der Waals surface area contributed by atoms with Gasteiger partial charge in [-0.1, -0.05) is 18.2 Å². The van der Waals surface area contributed by atoms with Gasteiger partial charge in [0.15, 0.2) is 0 Å². The summed E-state index contributed by atoms with van der Waals surface area (Å²) in [4.78, 5) is 0. The van der Waals surface area contributed by atoms with Gasteiger partial charge in [0.25, 0.3) is 0 Å². The summed E-state index contributed by atoms with van der Waals surface area (Å²) >= 11 is 1.90. The normalized spacial score (nSPS) is 10.0. The van der Waals surface area contributed by atoms with E-state index in [4.69, 9.17) is 0 Å². The molecule has 0 saturated carbocycles. The van der Waals surface area contributed by atoms with Gasteiger partial charge in [0.1, 0.15) is 0 Å². The number of hydrogen-bond donors (Lipinski definition) is 1. The zero-order chi connectivity index (χ0) is 9.52. The highest BCUT2D eigenvalue weighted by atomic mass is 32.2. The lowest BCUT2D eigenvalue weighted by atomic mass is 10.2. The van der Waals surface area contributed by atoms with Crippen LogP contribution in [0.15, 0.2) is 24.3 Å². The van der Waals surface area contributed by atoms with Gasteiger partial charge < -0.3 is 5.32 Å². The second kappa shape index (κ2) is 5.92. The molecule has 0 heterocycles. The number of anilines is 1. The van der Waals surface area contributed by atoms with Crippen molar-refractivity contribution in [3.8, 4) is 0 Å². The van der Waals surface area contributed by atoms with E-state index in [1.807, 2.05) is 11.8 Å². The van der Waals surface area contributed by atoms with E-state index in [0.29, 0.717) is 0 Å². The van der Waals surface area contributed by atoms with Crippen molar-refractivity contribution in [2.75, 3.05) is 23.9 Å². The van der Waals surface area contributed by atoms with E-state index < -0.39 is 0 Å². The van der Waals surface area contributed by atoms with Gasteiger partial charge in [0.2, 0.25) is 0 Å². The molecule has 1 aromatic rings. The van der Waals surface area contributed by atoms with Crippen LogP contribution in [0, 0.1) is 6.92 Å². The van der Waals surface area contributed by atoms with E-state index in [9.17, 15) is 0 Å². The molecule has 1 nitrogen and oxygen atoms in total. The summed E-state index contributed by atoms with van der Waals surface area (Å²) in [6.45, 7) is 3.21. The highest BCUT2D eigenvalue weighted by Gasteiger charge is 1.93. The van der Waals surface area contributed by atoms with Crippen LogP contribution in [0.1, 0.15) is 12.0 Å². The highest BCUT2D eigenvalue weighted by Crippen LogP contribution is 2.12. The van der Waals surface area contributed by atoms with Gasteiger partial charge in [0, 0.05) is 12.2 Å². The molecule has 0 radical (unpaired) electrons. The van der Waals surface area contributed by atoms with Gasteiger partial charge in [-0.2, -0.15) is 11.8 Å². The maximum atomic E-state index is 3.43. The number of para-hydroxylation sites is 1. The number of thioether (sulfide) groups is 1. The van der Waals surface area contributed by atoms with E-state index in [2.05, 4.69) is 42.8 Å². The van der Waals surface area contributed by atoms with Gasteiger partial charge in [0.05, 0.1) is 0 Å². The molecule has 0 spiro atoms. The Bertz CT molecular complexity index is 248. The van der Waals surface area contributed by atoms with Crippen LogP contribution in [-0.4, -0.2) is 18.6 Å². The van der Waals surface area contributed by atoms with Crippen molar-refractivity contribution in [1.29, 1.82) is 0 Å². The zero-order valence-electron chi connectivity index (χ0n) is 8.34. The number of benzene rings is 1. The summed E-state index contributed by atoms with van der Waals surface area (Å²) in [6.07, 6.45) is 3.38. The monoisotopic (exact) mass is 195 g/mol. The van der Waals surface area contributed by atoms with Gasteiger partial charge in [-0.05, 0) is 37.0 Å². The van der Waals surface area contributed by atoms with Crippen LogP contribution in [0.5, 0.6) is 0 Å². The molecule has 0 aromatic heterocycles. The van der Waals surface area contributed by atoms with Crippen molar-refractivity contribution < 1.29 is 0 Å². The average molecular weight is 195 g/mol. The molecule has 0 bridgehead atoms. The van der Waals surface area contributed by atoms with Crippen LogP contribution >= 0.6 is 11.8 Å². The SMILES string of the molecule is CSCCCNc1ccccc1C. The fourth-order valence-corrected chi connectivity index (χ4v) is 1.64. The van der Waals surface area contributed by atoms with Crippen LogP contribution < -0.4 is 5.32 Å². The average Bonchev–Trinajstić information content (AvgIpc) is 2.15. The lowest BCUT2D eigenvalue weighted by Crippen LogP contribution is -2.03.